The summed E-state index contributed by atoms with van der Waals surface area (Å²) in [7, 11) is 1.34. The molecule has 0 radical (unpaired) electrons. The molecule has 4 amide bonds. The Kier molecular flexibility index (Phi) is 8.31. The lowest BCUT2D eigenvalue weighted by molar-refractivity contribution is -0.137. The number of rotatable bonds is 6. The first kappa shape index (κ1) is 24.8. The number of aryl methyl sites for hydroxylation is 1. The number of nitrogens with zero attached hydrogens (tertiary/aromatic N) is 1. The molecule has 32 heavy (non-hydrogen) atoms. The summed E-state index contributed by atoms with van der Waals surface area (Å²) in [6, 6.07) is 6.95. The van der Waals surface area contributed by atoms with Crippen molar-refractivity contribution in [1.29, 1.82) is 0 Å². The van der Waals surface area contributed by atoms with Crippen LogP contribution in [0.4, 0.5) is 14.9 Å². The molecule has 3 rings (SSSR count). The van der Waals surface area contributed by atoms with Crippen molar-refractivity contribution >= 4 is 23.5 Å². The molecule has 2 aromatic carbocycles. The summed E-state index contributed by atoms with van der Waals surface area (Å²) in [6.45, 7) is 7.24. The monoisotopic (exact) mass is 445 g/mol. The third-order valence-electron chi connectivity index (χ3n) is 4.94. The Bertz CT molecular complexity index is 980. The van der Waals surface area contributed by atoms with Gasteiger partial charge in [-0.1, -0.05) is 32.0 Å². The molecule has 2 unspecified atom stereocenters. The van der Waals surface area contributed by atoms with Crippen LogP contribution in [0.25, 0.3) is 0 Å². The van der Waals surface area contributed by atoms with E-state index in [1.54, 1.807) is 13.0 Å². The van der Waals surface area contributed by atoms with Crippen LogP contribution in [0.15, 0.2) is 42.5 Å². The number of amides is 4. The van der Waals surface area contributed by atoms with Crippen LogP contribution >= 0.6 is 0 Å². The number of halogens is 1. The Hall–Kier alpha value is -3.46. The largest absolute Gasteiger partial charge is 0.508 e. The summed E-state index contributed by atoms with van der Waals surface area (Å²) >= 11 is 0. The molecule has 1 fully saturated rings. The fourth-order valence-electron chi connectivity index (χ4n) is 3.25. The lowest BCUT2D eigenvalue weighted by Gasteiger charge is -2.28. The number of aromatic hydroxyl groups is 1. The molecule has 0 bridgehead atoms. The maximum Gasteiger partial charge on any atom is 0.325 e. The SMILES string of the molecule is CC.COC(C)C(C(=O)Nc1ccc(C)cc1F)N1C(=O)N[C@H](c2ccc(O)cc2)C1=O. The van der Waals surface area contributed by atoms with Gasteiger partial charge in [0.15, 0.2) is 0 Å². The number of phenols is 1. The van der Waals surface area contributed by atoms with Gasteiger partial charge in [0.05, 0.1) is 11.8 Å². The minimum absolute atomic E-state index is 0.0118. The van der Waals surface area contributed by atoms with Crippen LogP contribution in [0.5, 0.6) is 5.75 Å². The molecule has 1 heterocycles. The van der Waals surface area contributed by atoms with E-state index in [1.807, 2.05) is 13.8 Å². The van der Waals surface area contributed by atoms with Crippen molar-refractivity contribution in [3.8, 4) is 5.75 Å². The third kappa shape index (κ3) is 5.23. The summed E-state index contributed by atoms with van der Waals surface area (Å²) < 4.78 is 19.4. The van der Waals surface area contributed by atoms with Crippen LogP contribution in [-0.2, 0) is 14.3 Å². The average molecular weight is 445 g/mol. The van der Waals surface area contributed by atoms with Crippen LogP contribution in [0.3, 0.4) is 0 Å². The minimum Gasteiger partial charge on any atom is -0.508 e. The molecule has 9 heteroatoms. The van der Waals surface area contributed by atoms with Crippen LogP contribution in [0.1, 0.15) is 37.9 Å². The molecule has 3 atom stereocenters. The zero-order valence-corrected chi connectivity index (χ0v) is 18.7. The summed E-state index contributed by atoms with van der Waals surface area (Å²) in [6.07, 6.45) is -0.855. The Balaban J connectivity index is 0.00000176. The Morgan fingerprint density at radius 2 is 1.81 bits per heavy atom. The van der Waals surface area contributed by atoms with Crippen molar-refractivity contribution in [2.24, 2.45) is 0 Å². The Morgan fingerprint density at radius 1 is 1.19 bits per heavy atom. The number of urea groups is 1. The third-order valence-corrected chi connectivity index (χ3v) is 4.94. The van der Waals surface area contributed by atoms with Crippen molar-refractivity contribution in [2.45, 2.75) is 45.9 Å². The van der Waals surface area contributed by atoms with Gasteiger partial charge in [-0.25, -0.2) is 14.1 Å². The molecule has 1 aliphatic rings. The smallest absolute Gasteiger partial charge is 0.325 e. The number of nitrogens with one attached hydrogen (secondary N) is 2. The number of anilines is 1. The topological polar surface area (TPSA) is 108 Å². The highest BCUT2D eigenvalue weighted by Crippen LogP contribution is 2.27. The molecular formula is C23H28FN3O5. The number of ether oxygens (including phenoxy) is 1. The van der Waals surface area contributed by atoms with Gasteiger partial charge >= 0.3 is 6.03 Å². The number of imide groups is 1. The van der Waals surface area contributed by atoms with Gasteiger partial charge in [-0.05, 0) is 49.2 Å². The minimum atomic E-state index is -1.33. The van der Waals surface area contributed by atoms with E-state index in [2.05, 4.69) is 10.6 Å². The van der Waals surface area contributed by atoms with E-state index in [4.69, 9.17) is 4.74 Å². The first-order valence-corrected chi connectivity index (χ1v) is 10.2. The fraction of sp³-hybridized carbons (Fsp3) is 0.348. The maximum atomic E-state index is 14.2. The second-order valence-corrected chi connectivity index (χ2v) is 7.04. The van der Waals surface area contributed by atoms with E-state index in [9.17, 15) is 23.9 Å². The number of methoxy groups -OCH3 is 1. The van der Waals surface area contributed by atoms with Crippen LogP contribution in [-0.4, -0.2) is 47.1 Å². The molecule has 0 aromatic heterocycles. The lowest BCUT2D eigenvalue weighted by Crippen LogP contribution is -2.53. The van der Waals surface area contributed by atoms with Gasteiger partial charge < -0.3 is 20.5 Å². The van der Waals surface area contributed by atoms with Crippen molar-refractivity contribution in [3.63, 3.8) is 0 Å². The highest BCUT2D eigenvalue weighted by atomic mass is 19.1. The van der Waals surface area contributed by atoms with Crippen molar-refractivity contribution in [2.75, 3.05) is 12.4 Å². The Morgan fingerprint density at radius 3 is 2.38 bits per heavy atom. The molecule has 0 saturated carbocycles. The predicted octanol–water partition coefficient (Wildman–Crippen LogP) is 3.50. The van der Waals surface area contributed by atoms with Crippen molar-refractivity contribution < 1.29 is 28.6 Å². The highest BCUT2D eigenvalue weighted by Gasteiger charge is 2.47. The Labute approximate surface area is 186 Å². The summed E-state index contributed by atoms with van der Waals surface area (Å²) in [5, 5.41) is 14.4. The molecule has 0 spiro atoms. The average Bonchev–Trinajstić information content (AvgIpc) is 3.06. The van der Waals surface area contributed by atoms with E-state index in [1.165, 1.54) is 50.4 Å². The molecular weight excluding hydrogens is 417 g/mol. The van der Waals surface area contributed by atoms with Crippen LogP contribution in [0.2, 0.25) is 0 Å². The fourth-order valence-corrected chi connectivity index (χ4v) is 3.25. The highest BCUT2D eigenvalue weighted by molar-refractivity contribution is 6.09. The van der Waals surface area contributed by atoms with Gasteiger partial charge in [-0.2, -0.15) is 0 Å². The van der Waals surface area contributed by atoms with E-state index >= 15 is 0 Å². The summed E-state index contributed by atoms with van der Waals surface area (Å²) in [4.78, 5) is 39.3. The van der Waals surface area contributed by atoms with Crippen molar-refractivity contribution in [1.82, 2.24) is 10.2 Å². The first-order valence-electron chi connectivity index (χ1n) is 10.2. The maximum absolute atomic E-state index is 14.2. The van der Waals surface area contributed by atoms with Crippen molar-refractivity contribution in [3.05, 3.63) is 59.4 Å². The zero-order valence-electron chi connectivity index (χ0n) is 18.7. The predicted molar refractivity (Wildman–Crippen MR) is 118 cm³/mol. The number of carbonyl (C=O) groups is 3. The van der Waals surface area contributed by atoms with Gasteiger partial charge in [0, 0.05) is 7.11 Å². The second kappa shape index (κ2) is 10.7. The normalized spacial score (nSPS) is 17.2. The molecule has 2 aromatic rings. The van der Waals surface area contributed by atoms with Gasteiger partial charge in [0.1, 0.15) is 23.7 Å². The van der Waals surface area contributed by atoms with Crippen LogP contribution in [0, 0.1) is 12.7 Å². The molecule has 1 aliphatic heterocycles. The summed E-state index contributed by atoms with van der Waals surface area (Å²) in [5.74, 6) is -2.04. The number of hydrogen-bond acceptors (Lipinski definition) is 5. The lowest BCUT2D eigenvalue weighted by atomic mass is 10.0. The molecule has 172 valence electrons. The van der Waals surface area contributed by atoms with Gasteiger partial charge in [-0.3, -0.25) is 9.59 Å². The number of hydrogen-bond donors (Lipinski definition) is 3. The molecule has 3 N–H and O–H groups in total. The number of carbonyl (C=O) groups excluding carboxylic acids is 3. The molecule has 8 nitrogen and oxygen atoms in total. The second-order valence-electron chi connectivity index (χ2n) is 7.04. The van der Waals surface area contributed by atoms with E-state index in [0.29, 0.717) is 11.1 Å². The summed E-state index contributed by atoms with van der Waals surface area (Å²) in [5.41, 5.74) is 1.06. The van der Waals surface area contributed by atoms with Gasteiger partial charge in [0.2, 0.25) is 0 Å². The molecule has 0 aliphatic carbocycles. The number of phenolic OH excluding ortho intramolecular Hbond substituents is 1. The van der Waals surface area contributed by atoms with Crippen LogP contribution < -0.4 is 10.6 Å². The van der Waals surface area contributed by atoms with E-state index in [0.717, 1.165) is 4.90 Å². The van der Waals surface area contributed by atoms with Gasteiger partial charge in [-0.15, -0.1) is 0 Å². The van der Waals surface area contributed by atoms with E-state index < -0.39 is 41.9 Å². The molecule has 1 saturated heterocycles. The van der Waals surface area contributed by atoms with Gasteiger partial charge in [0.25, 0.3) is 11.8 Å². The zero-order chi connectivity index (χ0) is 24.0. The number of benzene rings is 2. The van der Waals surface area contributed by atoms with E-state index in [-0.39, 0.29) is 11.4 Å². The quantitative estimate of drug-likeness (QED) is 0.590. The standard InChI is InChI=1S/C21H22FN3O5.C2H6/c1-11-4-9-16(15(22)10-11)23-19(27)18(12(2)30-3)25-20(28)17(24-21(25)29)13-5-7-14(26)8-6-13;1-2/h4-10,12,17-18,26H,1-3H3,(H,23,27)(H,24,29);1-2H3/t12?,17-,18?;/m1./s1. The first-order chi connectivity index (χ1) is 15.2.